The van der Waals surface area contributed by atoms with Crippen LogP contribution in [0.15, 0.2) is 54.6 Å². The topological polar surface area (TPSA) is 87.7 Å². The lowest BCUT2D eigenvalue weighted by atomic mass is 10.2. The first-order valence-electron chi connectivity index (χ1n) is 10.0. The molecule has 0 aliphatic rings. The molecule has 1 atom stereocenters. The number of phenols is 1. The van der Waals surface area contributed by atoms with E-state index in [0.29, 0.717) is 17.2 Å². The van der Waals surface area contributed by atoms with Gasteiger partial charge in [0.05, 0.1) is 26.4 Å². The summed E-state index contributed by atoms with van der Waals surface area (Å²) in [5.41, 5.74) is 1.50. The number of carbonyl (C=O) groups is 2. The first kappa shape index (κ1) is 24.7. The summed E-state index contributed by atoms with van der Waals surface area (Å²) in [6, 6.07) is 14.4. The molecule has 0 saturated carbocycles. The van der Waals surface area contributed by atoms with E-state index in [9.17, 15) is 14.7 Å². The van der Waals surface area contributed by atoms with Crippen molar-refractivity contribution in [1.29, 1.82) is 0 Å². The van der Waals surface area contributed by atoms with Crippen molar-refractivity contribution in [2.75, 3.05) is 10.6 Å². The monoisotopic (exact) mass is 506 g/mol. The average Bonchev–Trinajstić information content (AvgIpc) is 2.77. The molecular weight excluding hydrogens is 487 g/mol. The Morgan fingerprint density at radius 3 is 2.36 bits per heavy atom. The van der Waals surface area contributed by atoms with Gasteiger partial charge in [0.2, 0.25) is 0 Å². The minimum Gasteiger partial charge on any atom is -0.506 e. The van der Waals surface area contributed by atoms with E-state index in [1.807, 2.05) is 32.0 Å². The van der Waals surface area contributed by atoms with Crippen LogP contribution in [0.2, 0.25) is 15.1 Å². The second-order valence-corrected chi connectivity index (χ2v) is 8.47. The summed E-state index contributed by atoms with van der Waals surface area (Å²) >= 11 is 18.1. The lowest BCUT2D eigenvalue weighted by Crippen LogP contribution is -2.32. The quantitative estimate of drug-likeness (QED) is 0.310. The summed E-state index contributed by atoms with van der Waals surface area (Å²) < 4.78 is 5.80. The van der Waals surface area contributed by atoms with Gasteiger partial charge in [-0.2, -0.15) is 0 Å². The van der Waals surface area contributed by atoms with Crippen molar-refractivity contribution in [3.05, 3.63) is 80.8 Å². The van der Waals surface area contributed by atoms with Crippen molar-refractivity contribution in [1.82, 2.24) is 0 Å². The van der Waals surface area contributed by atoms with Crippen LogP contribution in [0.4, 0.5) is 11.4 Å². The molecule has 3 rings (SSSR count). The molecule has 3 aromatic rings. The smallest absolute Gasteiger partial charge is 0.265 e. The van der Waals surface area contributed by atoms with E-state index in [2.05, 4.69) is 10.6 Å². The van der Waals surface area contributed by atoms with Crippen LogP contribution in [-0.4, -0.2) is 23.0 Å². The van der Waals surface area contributed by atoms with Crippen LogP contribution < -0.4 is 15.4 Å². The molecule has 2 amide bonds. The van der Waals surface area contributed by atoms with E-state index in [0.717, 1.165) is 5.56 Å². The van der Waals surface area contributed by atoms with Crippen molar-refractivity contribution >= 4 is 58.0 Å². The fraction of sp³-hybridized carbons (Fsp3) is 0.167. The molecule has 0 bridgehead atoms. The van der Waals surface area contributed by atoms with Gasteiger partial charge < -0.3 is 20.5 Å². The number of benzene rings is 3. The maximum absolute atomic E-state index is 12.7. The van der Waals surface area contributed by atoms with Crippen LogP contribution in [0.1, 0.15) is 29.3 Å². The molecule has 172 valence electrons. The highest BCUT2D eigenvalue weighted by Crippen LogP contribution is 2.34. The molecule has 6 nitrogen and oxygen atoms in total. The number of anilines is 2. The fourth-order valence-electron chi connectivity index (χ4n) is 2.98. The van der Waals surface area contributed by atoms with Crippen molar-refractivity contribution < 1.29 is 19.4 Å². The van der Waals surface area contributed by atoms with Gasteiger partial charge in [-0.25, -0.2) is 0 Å². The highest BCUT2D eigenvalue weighted by atomic mass is 35.5. The van der Waals surface area contributed by atoms with E-state index in [1.165, 1.54) is 30.3 Å². The third kappa shape index (κ3) is 6.32. The normalized spacial score (nSPS) is 11.5. The van der Waals surface area contributed by atoms with Gasteiger partial charge in [-0.3, -0.25) is 9.59 Å². The lowest BCUT2D eigenvalue weighted by Gasteiger charge is -2.18. The second-order valence-electron chi connectivity index (χ2n) is 7.25. The summed E-state index contributed by atoms with van der Waals surface area (Å²) in [4.78, 5) is 25.2. The maximum atomic E-state index is 12.7. The minimum atomic E-state index is -0.765. The van der Waals surface area contributed by atoms with E-state index < -0.39 is 17.9 Å². The summed E-state index contributed by atoms with van der Waals surface area (Å²) in [6.45, 7) is 3.75. The van der Waals surface area contributed by atoms with Crippen LogP contribution in [0.3, 0.4) is 0 Å². The Balaban J connectivity index is 1.72. The molecule has 3 N–H and O–H groups in total. The number of rotatable bonds is 7. The van der Waals surface area contributed by atoms with Gasteiger partial charge >= 0.3 is 0 Å². The first-order chi connectivity index (χ1) is 15.7. The Morgan fingerprint density at radius 2 is 1.70 bits per heavy atom. The first-order valence-corrected chi connectivity index (χ1v) is 11.1. The van der Waals surface area contributed by atoms with E-state index in [1.54, 1.807) is 6.07 Å². The van der Waals surface area contributed by atoms with Crippen molar-refractivity contribution in [2.24, 2.45) is 0 Å². The molecule has 0 aliphatic heterocycles. The minimum absolute atomic E-state index is 0.0668. The molecule has 1 unspecified atom stereocenters. The number of phenolic OH excluding ortho intramolecular Hbond substituents is 1. The number of halogens is 3. The molecular formula is C24H21Cl3N2O4. The number of amides is 2. The summed E-state index contributed by atoms with van der Waals surface area (Å²) in [6.07, 6.45) is -0.347. The standard InChI is InChI=1S/C24H21Cl3N2O4/c1-3-22(33-15-6-4-5-13(2)9-15)24(32)28-19-12-21(30)20(11-18(19)27)29-23(31)14-7-8-16(25)17(26)10-14/h4-12,22,30H,3H2,1-2H3,(H,28,32)(H,29,31). The molecule has 0 saturated heterocycles. The van der Waals surface area contributed by atoms with Crippen LogP contribution in [-0.2, 0) is 4.79 Å². The van der Waals surface area contributed by atoms with Crippen molar-refractivity contribution in [3.8, 4) is 11.5 Å². The molecule has 33 heavy (non-hydrogen) atoms. The molecule has 0 heterocycles. The van der Waals surface area contributed by atoms with E-state index >= 15 is 0 Å². The van der Waals surface area contributed by atoms with Gasteiger partial charge in [0, 0.05) is 11.6 Å². The van der Waals surface area contributed by atoms with Crippen molar-refractivity contribution in [3.63, 3.8) is 0 Å². The Kier molecular flexibility index (Phi) is 8.08. The largest absolute Gasteiger partial charge is 0.506 e. The van der Waals surface area contributed by atoms with Crippen LogP contribution in [0.5, 0.6) is 11.5 Å². The highest BCUT2D eigenvalue weighted by molar-refractivity contribution is 6.42. The van der Waals surface area contributed by atoms with E-state index in [4.69, 9.17) is 39.5 Å². The number of carbonyl (C=O) groups excluding carboxylic acids is 2. The summed E-state index contributed by atoms with van der Waals surface area (Å²) in [7, 11) is 0. The lowest BCUT2D eigenvalue weighted by molar-refractivity contribution is -0.122. The zero-order chi connectivity index (χ0) is 24.1. The maximum Gasteiger partial charge on any atom is 0.265 e. The molecule has 0 fully saturated rings. The molecule has 0 aliphatic carbocycles. The fourth-order valence-corrected chi connectivity index (χ4v) is 3.49. The van der Waals surface area contributed by atoms with Gasteiger partial charge in [0.25, 0.3) is 11.8 Å². The number of hydrogen-bond donors (Lipinski definition) is 3. The molecule has 0 aromatic heterocycles. The molecule has 9 heteroatoms. The number of aryl methyl sites for hydroxylation is 1. The number of nitrogens with one attached hydrogen (secondary N) is 2. The summed E-state index contributed by atoms with van der Waals surface area (Å²) in [5, 5.41) is 16.3. The van der Waals surface area contributed by atoms with Crippen LogP contribution >= 0.6 is 34.8 Å². The zero-order valence-corrected chi connectivity index (χ0v) is 20.1. The molecule has 0 spiro atoms. The average molecular weight is 508 g/mol. The highest BCUT2D eigenvalue weighted by Gasteiger charge is 2.21. The Labute approximate surface area is 206 Å². The molecule has 3 aromatic carbocycles. The second kappa shape index (κ2) is 10.8. The third-order valence-corrected chi connectivity index (χ3v) is 5.76. The van der Waals surface area contributed by atoms with Gasteiger partial charge in [-0.1, -0.05) is 53.9 Å². The SMILES string of the molecule is CCC(Oc1cccc(C)c1)C(=O)Nc1cc(O)c(NC(=O)c2ccc(Cl)c(Cl)c2)cc1Cl. The Morgan fingerprint density at radius 1 is 0.939 bits per heavy atom. The Hall–Kier alpha value is -2.93. The van der Waals surface area contributed by atoms with E-state index in [-0.39, 0.29) is 32.7 Å². The number of hydrogen-bond acceptors (Lipinski definition) is 4. The van der Waals surface area contributed by atoms with Gasteiger partial charge in [0.15, 0.2) is 6.10 Å². The van der Waals surface area contributed by atoms with Gasteiger partial charge in [0.1, 0.15) is 11.5 Å². The predicted molar refractivity (Wildman–Crippen MR) is 132 cm³/mol. The third-order valence-electron chi connectivity index (χ3n) is 4.70. The molecule has 0 radical (unpaired) electrons. The Bertz CT molecular complexity index is 1200. The van der Waals surface area contributed by atoms with Crippen LogP contribution in [0, 0.1) is 6.92 Å². The predicted octanol–water partition coefficient (Wildman–Crippen LogP) is 6.71. The summed E-state index contributed by atoms with van der Waals surface area (Å²) in [5.74, 6) is -0.649. The van der Waals surface area contributed by atoms with Gasteiger partial charge in [-0.05, 0) is 55.3 Å². The van der Waals surface area contributed by atoms with Crippen LogP contribution in [0.25, 0.3) is 0 Å². The number of aromatic hydroxyl groups is 1. The van der Waals surface area contributed by atoms with Gasteiger partial charge in [-0.15, -0.1) is 0 Å². The van der Waals surface area contributed by atoms with Crippen molar-refractivity contribution in [2.45, 2.75) is 26.4 Å². The zero-order valence-electron chi connectivity index (χ0n) is 17.8. The number of ether oxygens (including phenoxy) is 1.